The van der Waals surface area contributed by atoms with Crippen LogP contribution in [-0.2, 0) is 7.05 Å². The molecule has 6 rings (SSSR count). The van der Waals surface area contributed by atoms with E-state index in [1.165, 1.54) is 0 Å². The van der Waals surface area contributed by atoms with E-state index >= 15 is 0 Å². The molecule has 3 heterocycles. The average molecular weight is 489 g/mol. The molecule has 1 amide bonds. The number of anilines is 2. The Morgan fingerprint density at radius 2 is 1.70 bits per heavy atom. The molecule has 37 heavy (non-hydrogen) atoms. The Bertz CT molecular complexity index is 1520. The molecule has 0 radical (unpaired) electrons. The van der Waals surface area contributed by atoms with Crippen molar-refractivity contribution in [1.82, 2.24) is 14.5 Å². The number of carbonyl (C=O) groups excluding carboxylic acids is 1. The fourth-order valence-corrected chi connectivity index (χ4v) is 5.52. The number of para-hydroxylation sites is 1. The highest BCUT2D eigenvalue weighted by molar-refractivity contribution is 6.07. The van der Waals surface area contributed by atoms with Crippen molar-refractivity contribution in [3.8, 4) is 17.3 Å². The van der Waals surface area contributed by atoms with Gasteiger partial charge in [0.1, 0.15) is 11.9 Å². The van der Waals surface area contributed by atoms with Gasteiger partial charge < -0.3 is 14.8 Å². The van der Waals surface area contributed by atoms with Crippen LogP contribution in [0.4, 0.5) is 11.4 Å². The summed E-state index contributed by atoms with van der Waals surface area (Å²) in [6.07, 6.45) is 1.99. The number of rotatable bonds is 3. The van der Waals surface area contributed by atoms with Crippen LogP contribution in [0.5, 0.6) is 0 Å². The van der Waals surface area contributed by atoms with Crippen molar-refractivity contribution in [2.75, 3.05) is 36.4 Å². The zero-order valence-corrected chi connectivity index (χ0v) is 21.0. The van der Waals surface area contributed by atoms with Gasteiger partial charge >= 0.3 is 0 Å². The number of hydrogen-bond acceptors (Lipinski definition) is 5. The molecule has 0 saturated carbocycles. The second kappa shape index (κ2) is 9.23. The van der Waals surface area contributed by atoms with Gasteiger partial charge in [0, 0.05) is 56.2 Å². The number of fused-ring (bicyclic) bond motifs is 2. The van der Waals surface area contributed by atoms with Crippen LogP contribution >= 0.6 is 0 Å². The minimum Gasteiger partial charge on any atom is -0.368 e. The van der Waals surface area contributed by atoms with E-state index < -0.39 is 0 Å². The number of piperazine rings is 1. The van der Waals surface area contributed by atoms with Gasteiger partial charge in [-0.05, 0) is 42.3 Å². The molecule has 0 bridgehead atoms. The van der Waals surface area contributed by atoms with Crippen LogP contribution in [0.3, 0.4) is 0 Å². The van der Waals surface area contributed by atoms with Gasteiger partial charge in [0.15, 0.2) is 0 Å². The van der Waals surface area contributed by atoms with Gasteiger partial charge in [0.05, 0.1) is 23.0 Å². The fraction of sp³-hybridized carbons (Fsp3) is 0.233. The Hall–Kier alpha value is -4.41. The second-order valence-electron chi connectivity index (χ2n) is 9.68. The van der Waals surface area contributed by atoms with Gasteiger partial charge in [0.2, 0.25) is 0 Å². The van der Waals surface area contributed by atoms with Crippen LogP contribution in [0.25, 0.3) is 11.3 Å². The van der Waals surface area contributed by atoms with E-state index in [1.807, 2.05) is 73.3 Å². The van der Waals surface area contributed by atoms with E-state index in [2.05, 4.69) is 44.4 Å². The monoisotopic (exact) mass is 488 g/mol. The van der Waals surface area contributed by atoms with Crippen molar-refractivity contribution in [2.45, 2.75) is 13.0 Å². The first-order chi connectivity index (χ1) is 18.0. The van der Waals surface area contributed by atoms with Crippen LogP contribution in [-0.4, -0.2) is 46.5 Å². The summed E-state index contributed by atoms with van der Waals surface area (Å²) in [6.45, 7) is 5.18. The minimum atomic E-state index is -0.0639. The van der Waals surface area contributed by atoms with Gasteiger partial charge in [-0.25, -0.2) is 4.98 Å². The number of imidazole rings is 1. The number of nitrogens with one attached hydrogen (secondary N) is 1. The molecule has 1 fully saturated rings. The molecule has 1 aromatic heterocycles. The molecule has 1 N–H and O–H groups in total. The van der Waals surface area contributed by atoms with E-state index in [4.69, 9.17) is 0 Å². The normalized spacial score (nSPS) is 17.4. The molecular formula is C30H28N6O. The quantitative estimate of drug-likeness (QED) is 0.451. The van der Waals surface area contributed by atoms with Gasteiger partial charge in [-0.2, -0.15) is 5.26 Å². The Morgan fingerprint density at radius 3 is 2.43 bits per heavy atom. The smallest absolute Gasteiger partial charge is 0.256 e. The van der Waals surface area contributed by atoms with E-state index in [1.54, 1.807) is 0 Å². The molecule has 2 aliphatic heterocycles. The van der Waals surface area contributed by atoms with Crippen molar-refractivity contribution in [3.63, 3.8) is 0 Å². The molecule has 184 valence electrons. The lowest BCUT2D eigenvalue weighted by Crippen LogP contribution is -2.48. The van der Waals surface area contributed by atoms with Crippen LogP contribution in [0.15, 0.2) is 72.9 Å². The first kappa shape index (κ1) is 23.0. The van der Waals surface area contributed by atoms with E-state index in [9.17, 15) is 10.1 Å². The van der Waals surface area contributed by atoms with Crippen LogP contribution in [0, 0.1) is 18.3 Å². The number of nitrogens with zero attached hydrogens (tertiary/aromatic N) is 5. The molecule has 1 unspecified atom stereocenters. The summed E-state index contributed by atoms with van der Waals surface area (Å²) >= 11 is 0. The van der Waals surface area contributed by atoms with E-state index in [-0.39, 0.29) is 11.9 Å². The third-order valence-corrected chi connectivity index (χ3v) is 7.55. The fourth-order valence-electron chi connectivity index (χ4n) is 5.52. The molecule has 3 aromatic carbocycles. The Kier molecular flexibility index (Phi) is 5.74. The van der Waals surface area contributed by atoms with Crippen LogP contribution in [0.1, 0.15) is 38.9 Å². The van der Waals surface area contributed by atoms with Crippen molar-refractivity contribution < 1.29 is 4.79 Å². The van der Waals surface area contributed by atoms with Gasteiger partial charge in [-0.15, -0.1) is 0 Å². The van der Waals surface area contributed by atoms with Crippen molar-refractivity contribution in [3.05, 3.63) is 101 Å². The van der Waals surface area contributed by atoms with Crippen LogP contribution < -0.4 is 10.2 Å². The summed E-state index contributed by atoms with van der Waals surface area (Å²) in [5.41, 5.74) is 7.18. The zero-order chi connectivity index (χ0) is 25.5. The van der Waals surface area contributed by atoms with Gasteiger partial charge in [-0.3, -0.25) is 9.69 Å². The SMILES string of the molecule is Cc1nc(-c2ccc(N3CCN(C4c5ccccc5NC(=O)c5ccccc54)CC3)c(C#N)c2)cn1C. The first-order valence-corrected chi connectivity index (χ1v) is 12.6. The number of carbonyl (C=O) groups is 1. The predicted molar refractivity (Wildman–Crippen MR) is 145 cm³/mol. The number of benzene rings is 3. The maximum absolute atomic E-state index is 13.0. The largest absolute Gasteiger partial charge is 0.368 e. The lowest BCUT2D eigenvalue weighted by molar-refractivity contribution is 0.102. The zero-order valence-electron chi connectivity index (χ0n) is 21.0. The van der Waals surface area contributed by atoms with Crippen molar-refractivity contribution in [2.24, 2.45) is 7.05 Å². The predicted octanol–water partition coefficient (Wildman–Crippen LogP) is 4.74. The molecular weight excluding hydrogens is 460 g/mol. The van der Waals surface area contributed by atoms with Crippen LogP contribution in [0.2, 0.25) is 0 Å². The van der Waals surface area contributed by atoms with Gasteiger partial charge in [-0.1, -0.05) is 42.5 Å². The number of amides is 1. The molecule has 2 aliphatic rings. The summed E-state index contributed by atoms with van der Waals surface area (Å²) in [5.74, 6) is 0.873. The highest BCUT2D eigenvalue weighted by Crippen LogP contribution is 2.39. The minimum absolute atomic E-state index is 0.0151. The summed E-state index contributed by atoms with van der Waals surface area (Å²) in [4.78, 5) is 22.3. The first-order valence-electron chi connectivity index (χ1n) is 12.6. The number of nitriles is 1. The van der Waals surface area contributed by atoms with E-state index in [0.717, 1.165) is 71.3 Å². The standard InChI is InChI=1S/C30H28N6O/c1-20-32-27(19-34(20)2)21-11-12-28(22(17-21)18-31)35-13-15-36(16-14-35)29-23-7-3-4-8-24(23)30(37)33-26-10-6-5-9-25(26)29/h3-12,17,19,29H,13-16H2,1-2H3,(H,33,37). The maximum Gasteiger partial charge on any atom is 0.256 e. The Morgan fingerprint density at radius 1 is 0.973 bits per heavy atom. The summed E-state index contributed by atoms with van der Waals surface area (Å²) in [7, 11) is 1.97. The summed E-state index contributed by atoms with van der Waals surface area (Å²) in [5, 5.41) is 13.1. The lowest BCUT2D eigenvalue weighted by Gasteiger charge is -2.41. The molecule has 7 heteroatoms. The average Bonchev–Trinajstić information content (AvgIpc) is 3.21. The van der Waals surface area contributed by atoms with Crippen molar-refractivity contribution >= 4 is 17.3 Å². The molecule has 1 atom stereocenters. The number of aryl methyl sites for hydroxylation is 2. The topological polar surface area (TPSA) is 77.2 Å². The highest BCUT2D eigenvalue weighted by atomic mass is 16.1. The van der Waals surface area contributed by atoms with Gasteiger partial charge in [0.25, 0.3) is 5.91 Å². The highest BCUT2D eigenvalue weighted by Gasteiger charge is 2.33. The summed E-state index contributed by atoms with van der Waals surface area (Å²) < 4.78 is 1.99. The lowest BCUT2D eigenvalue weighted by atomic mass is 9.93. The summed E-state index contributed by atoms with van der Waals surface area (Å²) in [6, 6.07) is 24.4. The number of aromatic nitrogens is 2. The third kappa shape index (κ3) is 4.05. The van der Waals surface area contributed by atoms with Crippen molar-refractivity contribution in [1.29, 1.82) is 5.26 Å². The van der Waals surface area contributed by atoms with E-state index in [0.29, 0.717) is 5.56 Å². The second-order valence-corrected chi connectivity index (χ2v) is 9.68. The molecule has 7 nitrogen and oxygen atoms in total. The number of hydrogen-bond donors (Lipinski definition) is 1. The third-order valence-electron chi connectivity index (χ3n) is 7.55. The Balaban J connectivity index is 1.28. The molecule has 1 saturated heterocycles. The molecule has 0 aliphatic carbocycles. The molecule has 4 aromatic rings. The molecule has 0 spiro atoms. The maximum atomic E-state index is 13.0. The Labute approximate surface area is 216 Å².